The van der Waals surface area contributed by atoms with Gasteiger partial charge in [0.05, 0.1) is 0 Å². The van der Waals surface area contributed by atoms with Crippen molar-refractivity contribution < 1.29 is 0 Å². The van der Waals surface area contributed by atoms with E-state index in [2.05, 4.69) is 25.7 Å². The molecule has 0 amide bonds. The minimum atomic E-state index is 0.995. The summed E-state index contributed by atoms with van der Waals surface area (Å²) in [5, 5.41) is 0. The van der Waals surface area contributed by atoms with Crippen molar-refractivity contribution in [2.45, 2.75) is 136 Å². The minimum Gasteiger partial charge on any atom is -0.107 e. The van der Waals surface area contributed by atoms with Crippen molar-refractivity contribution >= 4 is 0 Å². The van der Waals surface area contributed by atoms with Crippen molar-refractivity contribution in [2.75, 3.05) is 0 Å². The van der Waals surface area contributed by atoms with Gasteiger partial charge in [-0.15, -0.1) is 11.8 Å². The first kappa shape index (κ1) is 23.6. The molecule has 0 bridgehead atoms. The average molecular weight is 335 g/mol. The second-order valence-electron chi connectivity index (χ2n) is 7.62. The van der Waals surface area contributed by atoms with Gasteiger partial charge < -0.3 is 0 Å². The van der Waals surface area contributed by atoms with Crippen molar-refractivity contribution in [2.24, 2.45) is 5.92 Å². The summed E-state index contributed by atoms with van der Waals surface area (Å²) in [5.74, 6) is 7.15. The van der Waals surface area contributed by atoms with E-state index in [1.807, 2.05) is 6.92 Å². The number of rotatable bonds is 18. The molecule has 0 fully saturated rings. The highest BCUT2D eigenvalue weighted by Crippen LogP contribution is 2.21. The van der Waals surface area contributed by atoms with Crippen LogP contribution in [0.1, 0.15) is 136 Å². The first-order chi connectivity index (χ1) is 11.8. The van der Waals surface area contributed by atoms with Crippen LogP contribution in [-0.2, 0) is 0 Å². The predicted molar refractivity (Wildman–Crippen MR) is 111 cm³/mol. The van der Waals surface area contributed by atoms with Gasteiger partial charge in [-0.25, -0.2) is 0 Å². The van der Waals surface area contributed by atoms with Crippen LogP contribution in [0.2, 0.25) is 0 Å². The summed E-state index contributed by atoms with van der Waals surface area (Å²) >= 11 is 0. The van der Waals surface area contributed by atoms with Gasteiger partial charge in [0.25, 0.3) is 0 Å². The van der Waals surface area contributed by atoms with E-state index in [-0.39, 0.29) is 0 Å². The predicted octanol–water partition coefficient (Wildman–Crippen LogP) is 8.69. The molecule has 0 aromatic carbocycles. The van der Waals surface area contributed by atoms with Crippen LogP contribution in [-0.4, -0.2) is 0 Å². The third-order valence-corrected chi connectivity index (χ3v) is 5.38. The van der Waals surface area contributed by atoms with Crippen LogP contribution in [0.15, 0.2) is 0 Å². The fourth-order valence-electron chi connectivity index (χ4n) is 3.60. The lowest BCUT2D eigenvalue weighted by molar-refractivity contribution is 0.393. The summed E-state index contributed by atoms with van der Waals surface area (Å²) in [5.41, 5.74) is 0. The van der Waals surface area contributed by atoms with E-state index >= 15 is 0 Å². The molecule has 0 spiro atoms. The maximum absolute atomic E-state index is 3.17. The third-order valence-electron chi connectivity index (χ3n) is 5.38. The first-order valence-electron chi connectivity index (χ1n) is 11.2. The van der Waals surface area contributed by atoms with Gasteiger partial charge in [0, 0.05) is 6.42 Å². The van der Waals surface area contributed by atoms with Crippen molar-refractivity contribution in [3.8, 4) is 11.8 Å². The monoisotopic (exact) mass is 334 g/mol. The SMILES string of the molecule is CC#CCCCCCCC(CC)CCCCCCCCCCCC. The van der Waals surface area contributed by atoms with Crippen LogP contribution >= 0.6 is 0 Å². The lowest BCUT2D eigenvalue weighted by Crippen LogP contribution is -1.99. The second kappa shape index (κ2) is 20.6. The first-order valence-corrected chi connectivity index (χ1v) is 11.2. The maximum Gasteiger partial charge on any atom is 0.00885 e. The van der Waals surface area contributed by atoms with Crippen LogP contribution in [0.3, 0.4) is 0 Å². The number of unbranched alkanes of at least 4 members (excludes halogenated alkanes) is 13. The van der Waals surface area contributed by atoms with Gasteiger partial charge in [-0.3, -0.25) is 0 Å². The molecular weight excluding hydrogens is 288 g/mol. The molecular formula is C24H46. The van der Waals surface area contributed by atoms with E-state index in [0.29, 0.717) is 0 Å². The van der Waals surface area contributed by atoms with Gasteiger partial charge in [-0.05, 0) is 19.3 Å². The lowest BCUT2D eigenvalue weighted by Gasteiger charge is -2.14. The maximum atomic E-state index is 3.17. The summed E-state index contributed by atoms with van der Waals surface area (Å²) < 4.78 is 0. The molecule has 0 aliphatic carbocycles. The fraction of sp³-hybridized carbons (Fsp3) is 0.917. The zero-order valence-corrected chi connectivity index (χ0v) is 17.3. The highest BCUT2D eigenvalue weighted by Gasteiger charge is 2.05. The fourth-order valence-corrected chi connectivity index (χ4v) is 3.60. The summed E-state index contributed by atoms with van der Waals surface area (Å²) in [7, 11) is 0. The second-order valence-corrected chi connectivity index (χ2v) is 7.62. The van der Waals surface area contributed by atoms with Crippen LogP contribution in [0.4, 0.5) is 0 Å². The van der Waals surface area contributed by atoms with Crippen LogP contribution in [0, 0.1) is 17.8 Å². The molecule has 0 heterocycles. The third kappa shape index (κ3) is 17.9. The zero-order valence-electron chi connectivity index (χ0n) is 17.3. The molecule has 0 saturated carbocycles. The summed E-state index contributed by atoms with van der Waals surface area (Å²) in [6.45, 7) is 6.63. The molecule has 24 heavy (non-hydrogen) atoms. The molecule has 0 heteroatoms. The van der Waals surface area contributed by atoms with E-state index in [9.17, 15) is 0 Å². The van der Waals surface area contributed by atoms with Crippen molar-refractivity contribution in [3.63, 3.8) is 0 Å². The summed E-state index contributed by atoms with van der Waals surface area (Å²) in [6.07, 6.45) is 25.6. The van der Waals surface area contributed by atoms with Crippen molar-refractivity contribution in [3.05, 3.63) is 0 Å². The van der Waals surface area contributed by atoms with E-state index in [1.165, 1.54) is 109 Å². The number of hydrogen-bond acceptors (Lipinski definition) is 0. The van der Waals surface area contributed by atoms with Gasteiger partial charge >= 0.3 is 0 Å². The topological polar surface area (TPSA) is 0 Å². The Bertz CT molecular complexity index is 280. The molecule has 0 nitrogen and oxygen atoms in total. The van der Waals surface area contributed by atoms with Gasteiger partial charge in [0.2, 0.25) is 0 Å². The standard InChI is InChI=1S/C24H46/c1-4-7-9-11-13-14-15-17-19-21-23-24(6-3)22-20-18-16-12-10-8-5-2/h24H,4,6-7,9-23H2,1-3H3. The van der Waals surface area contributed by atoms with E-state index in [1.54, 1.807) is 0 Å². The molecule has 1 atom stereocenters. The molecule has 0 N–H and O–H groups in total. The van der Waals surface area contributed by atoms with Crippen LogP contribution in [0.5, 0.6) is 0 Å². The Morgan fingerprint density at radius 2 is 1.04 bits per heavy atom. The molecule has 0 saturated heterocycles. The normalized spacial score (nSPS) is 12.0. The summed E-state index contributed by atoms with van der Waals surface area (Å²) in [6, 6.07) is 0. The summed E-state index contributed by atoms with van der Waals surface area (Å²) in [4.78, 5) is 0. The van der Waals surface area contributed by atoms with Gasteiger partial charge in [-0.2, -0.15) is 0 Å². The van der Waals surface area contributed by atoms with E-state index in [4.69, 9.17) is 0 Å². The number of hydrogen-bond donors (Lipinski definition) is 0. The molecule has 0 aromatic heterocycles. The Labute approximate surface area is 154 Å². The Morgan fingerprint density at radius 3 is 1.50 bits per heavy atom. The highest BCUT2D eigenvalue weighted by atomic mass is 14.1. The Morgan fingerprint density at radius 1 is 0.583 bits per heavy atom. The van der Waals surface area contributed by atoms with Crippen LogP contribution < -0.4 is 0 Å². The Hall–Kier alpha value is -0.440. The molecule has 0 radical (unpaired) electrons. The molecule has 0 aliphatic rings. The highest BCUT2D eigenvalue weighted by molar-refractivity contribution is 4.94. The van der Waals surface area contributed by atoms with Gasteiger partial charge in [0.1, 0.15) is 0 Å². The van der Waals surface area contributed by atoms with Crippen molar-refractivity contribution in [1.29, 1.82) is 0 Å². The lowest BCUT2D eigenvalue weighted by atomic mass is 9.92. The smallest absolute Gasteiger partial charge is 0.00885 e. The molecule has 0 aromatic rings. The minimum absolute atomic E-state index is 0.995. The average Bonchev–Trinajstić information content (AvgIpc) is 2.60. The molecule has 0 rings (SSSR count). The van der Waals surface area contributed by atoms with Gasteiger partial charge in [-0.1, -0.05) is 117 Å². The quantitative estimate of drug-likeness (QED) is 0.174. The van der Waals surface area contributed by atoms with E-state index in [0.717, 1.165) is 12.3 Å². The largest absolute Gasteiger partial charge is 0.107 e. The molecule has 0 aliphatic heterocycles. The Kier molecular flexibility index (Phi) is 20.2. The van der Waals surface area contributed by atoms with E-state index < -0.39 is 0 Å². The van der Waals surface area contributed by atoms with Crippen LogP contribution in [0.25, 0.3) is 0 Å². The van der Waals surface area contributed by atoms with Crippen molar-refractivity contribution in [1.82, 2.24) is 0 Å². The molecule has 1 unspecified atom stereocenters. The zero-order chi connectivity index (χ0) is 17.7. The molecule has 142 valence electrons. The van der Waals surface area contributed by atoms with Gasteiger partial charge in [0.15, 0.2) is 0 Å². The Balaban J connectivity index is 3.31.